The third-order valence-electron chi connectivity index (χ3n) is 4.82. The molecule has 0 bridgehead atoms. The molecule has 4 nitrogen and oxygen atoms in total. The fraction of sp³-hybridized carbons (Fsp3) is 0.238. The largest absolute Gasteiger partial charge is 0.335 e. The summed E-state index contributed by atoms with van der Waals surface area (Å²) in [6.45, 7) is 3.89. The molecule has 5 heteroatoms. The number of aromatic nitrogens is 2. The number of hydrogen-bond acceptors (Lipinski definition) is 2. The van der Waals surface area contributed by atoms with Gasteiger partial charge in [-0.3, -0.25) is 9.48 Å². The third kappa shape index (κ3) is 3.25. The number of fused-ring (bicyclic) bond motifs is 1. The molecule has 2 heterocycles. The first-order valence-electron chi connectivity index (χ1n) is 8.74. The lowest BCUT2D eigenvalue weighted by molar-refractivity contribution is -0.131. The van der Waals surface area contributed by atoms with Crippen LogP contribution < -0.4 is 0 Å². The van der Waals surface area contributed by atoms with Gasteiger partial charge in [-0.25, -0.2) is 4.39 Å². The topological polar surface area (TPSA) is 38.1 Å². The molecule has 1 aromatic heterocycles. The van der Waals surface area contributed by atoms with Crippen molar-refractivity contribution in [3.8, 4) is 11.1 Å². The number of amides is 1. The summed E-state index contributed by atoms with van der Waals surface area (Å²) in [7, 11) is 0. The highest BCUT2D eigenvalue weighted by molar-refractivity contribution is 5.79. The van der Waals surface area contributed by atoms with E-state index in [1.165, 1.54) is 12.1 Å². The summed E-state index contributed by atoms with van der Waals surface area (Å²) < 4.78 is 15.1. The standard InChI is InChI=1S/C21H20FN3O/c1-15-3-2-4-16(11-15)12-21(26)24-9-10-25-20(14-24)19(13-23-25)17-5-7-18(22)8-6-17/h2-8,11,13H,9-10,12,14H2,1H3. The Morgan fingerprint density at radius 1 is 1.15 bits per heavy atom. The number of rotatable bonds is 3. The second kappa shape index (κ2) is 6.75. The van der Waals surface area contributed by atoms with Gasteiger partial charge in [0.15, 0.2) is 0 Å². The number of carbonyl (C=O) groups excluding carboxylic acids is 1. The molecule has 0 atom stereocenters. The van der Waals surface area contributed by atoms with E-state index in [4.69, 9.17) is 0 Å². The van der Waals surface area contributed by atoms with E-state index in [-0.39, 0.29) is 11.7 Å². The number of benzene rings is 2. The SMILES string of the molecule is Cc1cccc(CC(=O)N2CCn3ncc(-c4ccc(F)cc4)c3C2)c1. The van der Waals surface area contributed by atoms with Gasteiger partial charge in [0.25, 0.3) is 0 Å². The number of hydrogen-bond donors (Lipinski definition) is 0. The zero-order valence-electron chi connectivity index (χ0n) is 14.7. The summed E-state index contributed by atoms with van der Waals surface area (Å²) in [5.41, 5.74) is 5.07. The lowest BCUT2D eigenvalue weighted by Gasteiger charge is -2.28. The Hall–Kier alpha value is -2.95. The fourth-order valence-corrected chi connectivity index (χ4v) is 3.44. The van der Waals surface area contributed by atoms with Crippen LogP contribution in [0.1, 0.15) is 16.8 Å². The van der Waals surface area contributed by atoms with Crippen LogP contribution in [0, 0.1) is 12.7 Å². The van der Waals surface area contributed by atoms with E-state index in [1.807, 2.05) is 34.7 Å². The number of carbonyl (C=O) groups is 1. The van der Waals surface area contributed by atoms with Crippen molar-refractivity contribution in [2.75, 3.05) is 6.54 Å². The van der Waals surface area contributed by atoms with Crippen LogP contribution in [0.4, 0.5) is 4.39 Å². The molecule has 1 aliphatic heterocycles. The van der Waals surface area contributed by atoms with E-state index in [0.29, 0.717) is 26.1 Å². The molecule has 0 N–H and O–H groups in total. The van der Waals surface area contributed by atoms with Crippen LogP contribution in [0.2, 0.25) is 0 Å². The van der Waals surface area contributed by atoms with E-state index in [1.54, 1.807) is 18.3 Å². The van der Waals surface area contributed by atoms with E-state index < -0.39 is 0 Å². The van der Waals surface area contributed by atoms with Gasteiger partial charge < -0.3 is 4.90 Å². The van der Waals surface area contributed by atoms with E-state index >= 15 is 0 Å². The maximum atomic E-state index is 13.2. The second-order valence-electron chi connectivity index (χ2n) is 6.72. The summed E-state index contributed by atoms with van der Waals surface area (Å²) >= 11 is 0. The lowest BCUT2D eigenvalue weighted by atomic mass is 10.0. The smallest absolute Gasteiger partial charge is 0.227 e. The van der Waals surface area contributed by atoms with Gasteiger partial charge in [-0.15, -0.1) is 0 Å². The quantitative estimate of drug-likeness (QED) is 0.725. The molecule has 0 saturated carbocycles. The molecular formula is C21H20FN3O. The fourth-order valence-electron chi connectivity index (χ4n) is 3.44. The molecule has 2 aromatic carbocycles. The first-order chi connectivity index (χ1) is 12.6. The van der Waals surface area contributed by atoms with Gasteiger partial charge >= 0.3 is 0 Å². The predicted octanol–water partition coefficient (Wildman–Crippen LogP) is 3.58. The molecule has 3 aromatic rings. The first kappa shape index (κ1) is 16.5. The average molecular weight is 349 g/mol. The zero-order valence-corrected chi connectivity index (χ0v) is 14.7. The van der Waals surface area contributed by atoms with Gasteiger partial charge in [0.2, 0.25) is 5.91 Å². The number of halogens is 1. The van der Waals surface area contributed by atoms with Crippen molar-refractivity contribution in [3.05, 3.63) is 77.4 Å². The van der Waals surface area contributed by atoms with Crippen molar-refractivity contribution in [2.45, 2.75) is 26.4 Å². The van der Waals surface area contributed by atoms with E-state index in [0.717, 1.165) is 27.9 Å². The molecule has 132 valence electrons. The normalized spacial score (nSPS) is 13.5. The average Bonchev–Trinajstić information content (AvgIpc) is 3.05. The Labute approximate surface area is 151 Å². The number of aryl methyl sites for hydroxylation is 1. The third-order valence-corrected chi connectivity index (χ3v) is 4.82. The summed E-state index contributed by atoms with van der Waals surface area (Å²) in [4.78, 5) is 14.6. The van der Waals surface area contributed by atoms with E-state index in [9.17, 15) is 9.18 Å². The van der Waals surface area contributed by atoms with Gasteiger partial charge in [-0.2, -0.15) is 5.10 Å². The maximum absolute atomic E-state index is 13.2. The van der Waals surface area contributed by atoms with Crippen molar-refractivity contribution in [1.29, 1.82) is 0 Å². The highest BCUT2D eigenvalue weighted by Crippen LogP contribution is 2.27. The minimum absolute atomic E-state index is 0.119. The van der Waals surface area contributed by atoms with Crippen molar-refractivity contribution < 1.29 is 9.18 Å². The van der Waals surface area contributed by atoms with Gasteiger partial charge in [0.05, 0.1) is 31.4 Å². The predicted molar refractivity (Wildman–Crippen MR) is 97.9 cm³/mol. The molecule has 1 amide bonds. The molecule has 0 radical (unpaired) electrons. The first-order valence-corrected chi connectivity index (χ1v) is 8.74. The second-order valence-corrected chi connectivity index (χ2v) is 6.72. The summed E-state index contributed by atoms with van der Waals surface area (Å²) in [5, 5.41) is 4.43. The zero-order chi connectivity index (χ0) is 18.1. The molecule has 0 unspecified atom stereocenters. The molecule has 0 spiro atoms. The molecular weight excluding hydrogens is 329 g/mol. The molecule has 0 saturated heterocycles. The van der Waals surface area contributed by atoms with Crippen molar-refractivity contribution in [1.82, 2.24) is 14.7 Å². The molecule has 26 heavy (non-hydrogen) atoms. The van der Waals surface area contributed by atoms with Crippen LogP contribution in [0.25, 0.3) is 11.1 Å². The van der Waals surface area contributed by atoms with Crippen LogP contribution in [0.15, 0.2) is 54.7 Å². The molecule has 0 aliphatic carbocycles. The highest BCUT2D eigenvalue weighted by atomic mass is 19.1. The lowest BCUT2D eigenvalue weighted by Crippen LogP contribution is -2.39. The van der Waals surface area contributed by atoms with Gasteiger partial charge in [-0.1, -0.05) is 42.0 Å². The van der Waals surface area contributed by atoms with Crippen molar-refractivity contribution in [3.63, 3.8) is 0 Å². The van der Waals surface area contributed by atoms with Crippen LogP contribution >= 0.6 is 0 Å². The Morgan fingerprint density at radius 2 is 1.96 bits per heavy atom. The summed E-state index contributed by atoms with van der Waals surface area (Å²) in [5.74, 6) is -0.141. The molecule has 1 aliphatic rings. The Kier molecular flexibility index (Phi) is 4.29. The minimum Gasteiger partial charge on any atom is -0.335 e. The van der Waals surface area contributed by atoms with Crippen LogP contribution in [0.5, 0.6) is 0 Å². The van der Waals surface area contributed by atoms with E-state index in [2.05, 4.69) is 11.2 Å². The minimum atomic E-state index is -0.259. The summed E-state index contributed by atoms with van der Waals surface area (Å²) in [6, 6.07) is 14.4. The van der Waals surface area contributed by atoms with Gasteiger partial charge in [-0.05, 0) is 30.2 Å². The highest BCUT2D eigenvalue weighted by Gasteiger charge is 2.24. The van der Waals surface area contributed by atoms with Crippen LogP contribution in [-0.4, -0.2) is 27.1 Å². The van der Waals surface area contributed by atoms with Gasteiger partial charge in [0, 0.05) is 12.1 Å². The Balaban J connectivity index is 1.54. The van der Waals surface area contributed by atoms with Gasteiger partial charge in [0.1, 0.15) is 5.82 Å². The van der Waals surface area contributed by atoms with Crippen LogP contribution in [-0.2, 0) is 24.3 Å². The van der Waals surface area contributed by atoms with Crippen molar-refractivity contribution >= 4 is 5.91 Å². The Bertz CT molecular complexity index is 946. The Morgan fingerprint density at radius 3 is 2.73 bits per heavy atom. The maximum Gasteiger partial charge on any atom is 0.227 e. The van der Waals surface area contributed by atoms with Crippen LogP contribution in [0.3, 0.4) is 0 Å². The summed E-state index contributed by atoms with van der Waals surface area (Å²) in [6.07, 6.45) is 2.21. The monoisotopic (exact) mass is 349 g/mol. The molecule has 0 fully saturated rings. The number of nitrogens with zero attached hydrogens (tertiary/aromatic N) is 3. The molecule has 4 rings (SSSR count). The van der Waals surface area contributed by atoms with Crippen molar-refractivity contribution in [2.24, 2.45) is 0 Å².